The largest absolute Gasteiger partial charge is 0.416 e. The van der Waals surface area contributed by atoms with Gasteiger partial charge in [0.15, 0.2) is 0 Å². The molecule has 134 valence electrons. The van der Waals surface area contributed by atoms with Gasteiger partial charge < -0.3 is 9.32 Å². The number of thioether (sulfide) groups is 1. The number of benzene rings is 1. The molecule has 5 nitrogen and oxygen atoms in total. The first-order valence-electron chi connectivity index (χ1n) is 8.61. The summed E-state index contributed by atoms with van der Waals surface area (Å²) in [6, 6.07) is 14.4. The highest BCUT2D eigenvalue weighted by atomic mass is 32.2. The van der Waals surface area contributed by atoms with Crippen LogP contribution in [0.25, 0.3) is 0 Å². The number of aromatic nitrogens is 2. The Hall–Kier alpha value is -2.12. The lowest BCUT2D eigenvalue weighted by molar-refractivity contribution is -0.129. The third-order valence-electron chi connectivity index (χ3n) is 4.41. The van der Waals surface area contributed by atoms with Gasteiger partial charge in [0.05, 0.1) is 18.2 Å². The number of nitrogens with zero attached hydrogens (tertiary/aromatic N) is 3. The van der Waals surface area contributed by atoms with Gasteiger partial charge in [-0.05, 0) is 29.9 Å². The van der Waals surface area contributed by atoms with E-state index in [9.17, 15) is 4.79 Å². The van der Waals surface area contributed by atoms with Crippen molar-refractivity contribution in [1.82, 2.24) is 15.1 Å². The summed E-state index contributed by atoms with van der Waals surface area (Å²) in [5.41, 5.74) is 1.12. The lowest BCUT2D eigenvalue weighted by Crippen LogP contribution is -2.31. The SMILES string of the molecule is O=C(CSc1nnc(Cc2ccccc2)o1)N1CCC[C@@H]1c1cccs1. The van der Waals surface area contributed by atoms with E-state index in [0.717, 1.165) is 24.9 Å². The van der Waals surface area contributed by atoms with Gasteiger partial charge in [0.25, 0.3) is 5.22 Å². The number of rotatable bonds is 6. The lowest BCUT2D eigenvalue weighted by Gasteiger charge is -2.23. The minimum absolute atomic E-state index is 0.133. The smallest absolute Gasteiger partial charge is 0.277 e. The van der Waals surface area contributed by atoms with Crippen LogP contribution in [0.1, 0.15) is 35.2 Å². The van der Waals surface area contributed by atoms with E-state index in [1.807, 2.05) is 41.3 Å². The zero-order valence-corrected chi connectivity index (χ0v) is 15.8. The molecule has 1 atom stereocenters. The normalized spacial score (nSPS) is 16.9. The minimum Gasteiger partial charge on any atom is -0.416 e. The summed E-state index contributed by atoms with van der Waals surface area (Å²) in [7, 11) is 0. The van der Waals surface area contributed by atoms with Gasteiger partial charge in [-0.15, -0.1) is 21.5 Å². The van der Waals surface area contributed by atoms with E-state index in [1.165, 1.54) is 16.6 Å². The number of hydrogen-bond acceptors (Lipinski definition) is 6. The number of carbonyl (C=O) groups excluding carboxylic acids is 1. The van der Waals surface area contributed by atoms with Gasteiger partial charge in [-0.2, -0.15) is 0 Å². The molecule has 1 aliphatic rings. The molecule has 4 rings (SSSR count). The van der Waals surface area contributed by atoms with E-state index in [1.54, 1.807) is 11.3 Å². The molecule has 0 N–H and O–H groups in total. The zero-order valence-electron chi connectivity index (χ0n) is 14.2. The summed E-state index contributed by atoms with van der Waals surface area (Å²) in [6.07, 6.45) is 2.70. The Morgan fingerprint density at radius 3 is 2.92 bits per heavy atom. The van der Waals surface area contributed by atoms with Crippen LogP contribution in [0.15, 0.2) is 57.5 Å². The second-order valence-electron chi connectivity index (χ2n) is 6.17. The molecular weight excluding hydrogens is 366 g/mol. The monoisotopic (exact) mass is 385 g/mol. The van der Waals surface area contributed by atoms with E-state index < -0.39 is 0 Å². The van der Waals surface area contributed by atoms with Crippen molar-refractivity contribution in [2.45, 2.75) is 30.5 Å². The quantitative estimate of drug-likeness (QED) is 0.596. The summed E-state index contributed by atoms with van der Waals surface area (Å²) < 4.78 is 5.67. The Kier molecular flexibility index (Phi) is 5.36. The second kappa shape index (κ2) is 8.05. The maximum absolute atomic E-state index is 12.6. The van der Waals surface area contributed by atoms with Crippen LogP contribution in [0.5, 0.6) is 0 Å². The highest BCUT2D eigenvalue weighted by molar-refractivity contribution is 7.99. The van der Waals surface area contributed by atoms with Crippen LogP contribution in [0.4, 0.5) is 0 Å². The van der Waals surface area contributed by atoms with Crippen LogP contribution >= 0.6 is 23.1 Å². The van der Waals surface area contributed by atoms with Crippen molar-refractivity contribution in [2.75, 3.05) is 12.3 Å². The van der Waals surface area contributed by atoms with E-state index in [-0.39, 0.29) is 11.9 Å². The molecule has 1 saturated heterocycles. The first kappa shape index (κ1) is 17.3. The van der Waals surface area contributed by atoms with Crippen LogP contribution in [0, 0.1) is 0 Å². The first-order valence-corrected chi connectivity index (χ1v) is 10.5. The Bertz CT molecular complexity index is 849. The molecule has 0 aliphatic carbocycles. The molecule has 0 unspecified atom stereocenters. The van der Waals surface area contributed by atoms with Gasteiger partial charge in [0.2, 0.25) is 11.8 Å². The number of carbonyl (C=O) groups is 1. The molecule has 0 radical (unpaired) electrons. The Labute approximate surface area is 160 Å². The van der Waals surface area contributed by atoms with E-state index >= 15 is 0 Å². The van der Waals surface area contributed by atoms with Gasteiger partial charge in [-0.25, -0.2) is 0 Å². The van der Waals surface area contributed by atoms with Crippen molar-refractivity contribution in [3.8, 4) is 0 Å². The molecule has 3 heterocycles. The summed E-state index contributed by atoms with van der Waals surface area (Å²) in [5, 5.41) is 10.7. The number of hydrogen-bond donors (Lipinski definition) is 0. The number of amides is 1. The van der Waals surface area contributed by atoms with Crippen LogP contribution in [0.2, 0.25) is 0 Å². The van der Waals surface area contributed by atoms with Gasteiger partial charge in [0, 0.05) is 11.4 Å². The van der Waals surface area contributed by atoms with E-state index in [4.69, 9.17) is 4.42 Å². The number of likely N-dealkylation sites (tertiary alicyclic amines) is 1. The van der Waals surface area contributed by atoms with Crippen molar-refractivity contribution in [2.24, 2.45) is 0 Å². The lowest BCUT2D eigenvalue weighted by atomic mass is 10.2. The average molecular weight is 386 g/mol. The van der Waals surface area contributed by atoms with Crippen molar-refractivity contribution in [1.29, 1.82) is 0 Å². The molecule has 0 spiro atoms. The molecule has 1 aliphatic heterocycles. The molecule has 1 fully saturated rings. The topological polar surface area (TPSA) is 59.2 Å². The fourth-order valence-electron chi connectivity index (χ4n) is 3.19. The van der Waals surface area contributed by atoms with Crippen LogP contribution in [0.3, 0.4) is 0 Å². The minimum atomic E-state index is 0.133. The molecular formula is C19H19N3O2S2. The van der Waals surface area contributed by atoms with Gasteiger partial charge in [-0.1, -0.05) is 48.2 Å². The predicted octanol–water partition coefficient (Wildman–Crippen LogP) is 4.18. The summed E-state index contributed by atoms with van der Waals surface area (Å²) in [6.45, 7) is 0.824. The third-order valence-corrected chi connectivity index (χ3v) is 6.19. The first-order chi connectivity index (χ1) is 12.8. The average Bonchev–Trinajstić information content (AvgIpc) is 3.41. The van der Waals surface area contributed by atoms with E-state index in [2.05, 4.69) is 21.6 Å². The molecule has 0 saturated carbocycles. The maximum atomic E-state index is 12.6. The van der Waals surface area contributed by atoms with Crippen molar-refractivity contribution < 1.29 is 9.21 Å². The van der Waals surface area contributed by atoms with Gasteiger partial charge in [0.1, 0.15) is 0 Å². The summed E-state index contributed by atoms with van der Waals surface area (Å²) in [4.78, 5) is 15.9. The predicted molar refractivity (Wildman–Crippen MR) is 102 cm³/mol. The molecule has 1 amide bonds. The fraction of sp³-hybridized carbons (Fsp3) is 0.316. The Morgan fingerprint density at radius 1 is 1.23 bits per heavy atom. The van der Waals surface area contributed by atoms with Crippen molar-refractivity contribution >= 4 is 29.0 Å². The Balaban J connectivity index is 1.33. The van der Waals surface area contributed by atoms with Gasteiger partial charge in [-0.3, -0.25) is 4.79 Å². The molecule has 3 aromatic rings. The molecule has 0 bridgehead atoms. The van der Waals surface area contributed by atoms with Gasteiger partial charge >= 0.3 is 0 Å². The van der Waals surface area contributed by atoms with Crippen LogP contribution < -0.4 is 0 Å². The van der Waals surface area contributed by atoms with Crippen LogP contribution in [-0.4, -0.2) is 33.3 Å². The van der Waals surface area contributed by atoms with E-state index in [0.29, 0.717) is 23.3 Å². The summed E-state index contributed by atoms with van der Waals surface area (Å²) in [5.74, 6) is 1.03. The molecule has 7 heteroatoms. The fourth-order valence-corrected chi connectivity index (χ4v) is 4.73. The van der Waals surface area contributed by atoms with Crippen LogP contribution in [-0.2, 0) is 11.2 Å². The molecule has 2 aromatic heterocycles. The zero-order chi connectivity index (χ0) is 17.8. The number of thiophene rings is 1. The maximum Gasteiger partial charge on any atom is 0.277 e. The second-order valence-corrected chi connectivity index (χ2v) is 8.08. The highest BCUT2D eigenvalue weighted by Gasteiger charge is 2.30. The highest BCUT2D eigenvalue weighted by Crippen LogP contribution is 2.35. The third kappa shape index (κ3) is 3.99. The molecule has 26 heavy (non-hydrogen) atoms. The summed E-state index contributed by atoms with van der Waals surface area (Å²) >= 11 is 3.04. The van der Waals surface area contributed by atoms with Crippen molar-refractivity contribution in [3.63, 3.8) is 0 Å². The molecule has 1 aromatic carbocycles. The Morgan fingerprint density at radius 2 is 2.12 bits per heavy atom. The standard InChI is InChI=1S/C19H19N3O2S2/c23-18(22-10-4-8-15(22)16-9-5-11-25-16)13-26-19-21-20-17(24-19)12-14-6-2-1-3-7-14/h1-3,5-7,9,11,15H,4,8,10,12-13H2/t15-/m1/s1. The van der Waals surface area contributed by atoms with Crippen molar-refractivity contribution in [3.05, 3.63) is 64.2 Å².